The van der Waals surface area contributed by atoms with Gasteiger partial charge in [-0.1, -0.05) is 23.4 Å². The van der Waals surface area contributed by atoms with Gasteiger partial charge in [-0.25, -0.2) is 0 Å². The first kappa shape index (κ1) is 12.7. The zero-order valence-corrected chi connectivity index (χ0v) is 10.9. The van der Waals surface area contributed by atoms with Gasteiger partial charge in [0.05, 0.1) is 5.69 Å². The van der Waals surface area contributed by atoms with E-state index in [-0.39, 0.29) is 5.91 Å². The number of carbonyl (C=O) groups is 1. The third kappa shape index (κ3) is 3.92. The van der Waals surface area contributed by atoms with Crippen LogP contribution < -0.4 is 5.32 Å². The van der Waals surface area contributed by atoms with Gasteiger partial charge in [-0.3, -0.25) is 10.1 Å². The molecule has 2 rings (SSSR count). The topological polar surface area (TPSA) is 55.1 Å². The Morgan fingerprint density at radius 1 is 1.39 bits per heavy atom. The maximum absolute atomic E-state index is 11.6. The van der Waals surface area contributed by atoms with Crippen molar-refractivity contribution in [1.82, 2.24) is 5.16 Å². The van der Waals surface area contributed by atoms with Crippen molar-refractivity contribution >= 4 is 23.6 Å². The molecule has 94 valence electrons. The molecule has 1 aromatic carbocycles. The number of nitrogens with zero attached hydrogens (tertiary/aromatic N) is 1. The van der Waals surface area contributed by atoms with Crippen LogP contribution in [0, 0.1) is 6.92 Å². The molecule has 0 aliphatic rings. The first-order chi connectivity index (χ1) is 8.74. The highest BCUT2D eigenvalue weighted by Crippen LogP contribution is 2.18. The molecule has 1 amide bonds. The number of benzene rings is 1. The molecule has 0 aliphatic heterocycles. The minimum absolute atomic E-state index is 0.0606. The SMILES string of the molecule is Cc1cc(NC(=O)CCSc2ccccc2)on1. The predicted octanol–water partition coefficient (Wildman–Crippen LogP) is 3.10. The molecule has 0 saturated carbocycles. The maximum atomic E-state index is 11.6. The summed E-state index contributed by atoms with van der Waals surface area (Å²) < 4.78 is 4.91. The standard InChI is InChI=1S/C13H14N2O2S/c1-10-9-13(17-15-10)14-12(16)7-8-18-11-5-3-2-4-6-11/h2-6,9H,7-8H2,1H3,(H,14,16). The molecule has 18 heavy (non-hydrogen) atoms. The largest absolute Gasteiger partial charge is 0.338 e. The summed E-state index contributed by atoms with van der Waals surface area (Å²) in [4.78, 5) is 12.8. The molecule has 0 saturated heterocycles. The summed E-state index contributed by atoms with van der Waals surface area (Å²) in [6, 6.07) is 11.7. The molecule has 1 heterocycles. The molecule has 0 fully saturated rings. The summed E-state index contributed by atoms with van der Waals surface area (Å²) in [5, 5.41) is 6.37. The fraction of sp³-hybridized carbons (Fsp3) is 0.231. The van der Waals surface area contributed by atoms with Gasteiger partial charge in [0.15, 0.2) is 0 Å². The van der Waals surface area contributed by atoms with Crippen molar-refractivity contribution < 1.29 is 9.32 Å². The van der Waals surface area contributed by atoms with Crippen molar-refractivity contribution in [3.05, 3.63) is 42.1 Å². The van der Waals surface area contributed by atoms with E-state index in [1.54, 1.807) is 17.8 Å². The number of aryl methyl sites for hydroxylation is 1. The lowest BCUT2D eigenvalue weighted by Gasteiger charge is -2.01. The number of carbonyl (C=O) groups excluding carboxylic acids is 1. The van der Waals surface area contributed by atoms with Crippen LogP contribution in [0.25, 0.3) is 0 Å². The molecular formula is C13H14N2O2S. The second-order valence-corrected chi connectivity index (χ2v) is 4.96. The monoisotopic (exact) mass is 262 g/mol. The highest BCUT2D eigenvalue weighted by atomic mass is 32.2. The van der Waals surface area contributed by atoms with Gasteiger partial charge in [0.2, 0.25) is 11.8 Å². The smallest absolute Gasteiger partial charge is 0.231 e. The van der Waals surface area contributed by atoms with Crippen molar-refractivity contribution in [2.75, 3.05) is 11.1 Å². The van der Waals surface area contributed by atoms with E-state index in [0.29, 0.717) is 12.3 Å². The van der Waals surface area contributed by atoms with Crippen LogP contribution in [0.1, 0.15) is 12.1 Å². The highest BCUT2D eigenvalue weighted by molar-refractivity contribution is 7.99. The van der Waals surface area contributed by atoms with Crippen LogP contribution >= 0.6 is 11.8 Å². The molecule has 0 bridgehead atoms. The average Bonchev–Trinajstić information content (AvgIpc) is 2.76. The van der Waals surface area contributed by atoms with Crippen LogP contribution in [0.5, 0.6) is 0 Å². The second-order valence-electron chi connectivity index (χ2n) is 3.79. The number of thioether (sulfide) groups is 1. The fourth-order valence-corrected chi connectivity index (χ4v) is 2.27. The van der Waals surface area contributed by atoms with E-state index >= 15 is 0 Å². The Bertz CT molecular complexity index is 511. The predicted molar refractivity (Wildman–Crippen MR) is 71.7 cm³/mol. The molecule has 2 aromatic rings. The number of hydrogen-bond donors (Lipinski definition) is 1. The Labute approximate surface area is 110 Å². The molecule has 0 radical (unpaired) electrons. The van der Waals surface area contributed by atoms with E-state index in [4.69, 9.17) is 4.52 Å². The van der Waals surface area contributed by atoms with Gasteiger partial charge < -0.3 is 4.52 Å². The minimum Gasteiger partial charge on any atom is -0.338 e. The number of hydrogen-bond acceptors (Lipinski definition) is 4. The number of nitrogens with one attached hydrogen (secondary N) is 1. The number of amides is 1. The van der Waals surface area contributed by atoms with E-state index in [1.165, 1.54) is 4.90 Å². The molecule has 0 atom stereocenters. The van der Waals surface area contributed by atoms with Gasteiger partial charge in [0.25, 0.3) is 0 Å². The quantitative estimate of drug-likeness (QED) is 0.841. The normalized spacial score (nSPS) is 10.3. The summed E-state index contributed by atoms with van der Waals surface area (Å²) in [6.45, 7) is 1.81. The van der Waals surface area contributed by atoms with Crippen LogP contribution in [0.3, 0.4) is 0 Å². The zero-order chi connectivity index (χ0) is 12.8. The Hall–Kier alpha value is -1.75. The third-order valence-electron chi connectivity index (χ3n) is 2.23. The van der Waals surface area contributed by atoms with Crippen LogP contribution in [0.2, 0.25) is 0 Å². The Morgan fingerprint density at radius 3 is 2.83 bits per heavy atom. The lowest BCUT2D eigenvalue weighted by atomic mass is 10.4. The molecule has 4 nitrogen and oxygen atoms in total. The molecular weight excluding hydrogens is 248 g/mol. The molecule has 1 N–H and O–H groups in total. The van der Waals surface area contributed by atoms with E-state index in [2.05, 4.69) is 10.5 Å². The Morgan fingerprint density at radius 2 is 2.17 bits per heavy atom. The number of aromatic nitrogens is 1. The summed E-state index contributed by atoms with van der Waals surface area (Å²) in [5.41, 5.74) is 0.754. The molecule has 1 aromatic heterocycles. The van der Waals surface area contributed by atoms with Gasteiger partial charge in [-0.15, -0.1) is 11.8 Å². The van der Waals surface area contributed by atoms with Crippen molar-refractivity contribution in [2.45, 2.75) is 18.2 Å². The van der Waals surface area contributed by atoms with Crippen molar-refractivity contribution in [2.24, 2.45) is 0 Å². The van der Waals surface area contributed by atoms with Crippen molar-refractivity contribution in [3.8, 4) is 0 Å². The van der Waals surface area contributed by atoms with Gasteiger partial charge >= 0.3 is 0 Å². The van der Waals surface area contributed by atoms with Crippen molar-refractivity contribution in [3.63, 3.8) is 0 Å². The molecule has 0 aliphatic carbocycles. The summed E-state index contributed by atoms with van der Waals surface area (Å²) >= 11 is 1.66. The second kappa shape index (κ2) is 6.26. The maximum Gasteiger partial charge on any atom is 0.231 e. The molecule has 0 spiro atoms. The number of rotatable bonds is 5. The van der Waals surface area contributed by atoms with Crippen LogP contribution in [-0.4, -0.2) is 16.8 Å². The van der Waals surface area contributed by atoms with Crippen LogP contribution in [0.15, 0.2) is 45.8 Å². The lowest BCUT2D eigenvalue weighted by Crippen LogP contribution is -2.11. The summed E-state index contributed by atoms with van der Waals surface area (Å²) in [5.74, 6) is 1.08. The Kier molecular flexibility index (Phi) is 4.41. The molecule has 5 heteroatoms. The fourth-order valence-electron chi connectivity index (χ4n) is 1.40. The van der Waals surface area contributed by atoms with Gasteiger partial charge in [0.1, 0.15) is 0 Å². The van der Waals surface area contributed by atoms with Gasteiger partial charge in [-0.2, -0.15) is 0 Å². The highest BCUT2D eigenvalue weighted by Gasteiger charge is 2.06. The van der Waals surface area contributed by atoms with E-state index < -0.39 is 0 Å². The first-order valence-corrected chi connectivity index (χ1v) is 6.63. The van der Waals surface area contributed by atoms with Gasteiger partial charge in [0, 0.05) is 23.1 Å². The van der Waals surface area contributed by atoms with E-state index in [0.717, 1.165) is 11.4 Å². The lowest BCUT2D eigenvalue weighted by molar-refractivity contribution is -0.115. The van der Waals surface area contributed by atoms with Crippen LogP contribution in [-0.2, 0) is 4.79 Å². The van der Waals surface area contributed by atoms with E-state index in [9.17, 15) is 4.79 Å². The average molecular weight is 262 g/mol. The Balaban J connectivity index is 1.72. The minimum atomic E-state index is -0.0606. The summed E-state index contributed by atoms with van der Waals surface area (Å²) in [7, 11) is 0. The first-order valence-electron chi connectivity index (χ1n) is 5.65. The number of anilines is 1. The van der Waals surface area contributed by atoms with Crippen LogP contribution in [0.4, 0.5) is 5.88 Å². The van der Waals surface area contributed by atoms with Gasteiger partial charge in [-0.05, 0) is 19.1 Å². The third-order valence-corrected chi connectivity index (χ3v) is 3.25. The zero-order valence-electron chi connectivity index (χ0n) is 10.1. The van der Waals surface area contributed by atoms with E-state index in [1.807, 2.05) is 37.3 Å². The summed E-state index contributed by atoms with van der Waals surface area (Å²) in [6.07, 6.45) is 0.444. The molecule has 0 unspecified atom stereocenters. The van der Waals surface area contributed by atoms with Crippen molar-refractivity contribution in [1.29, 1.82) is 0 Å².